The fourth-order valence-electron chi connectivity index (χ4n) is 3.40. The highest BCUT2D eigenvalue weighted by Crippen LogP contribution is 2.35. The molecule has 0 unspecified atom stereocenters. The number of hydrogen-bond donors (Lipinski definition) is 1. The Balaban J connectivity index is 1.51. The van der Waals surface area contributed by atoms with Gasteiger partial charge in [-0.15, -0.1) is 0 Å². The average Bonchev–Trinajstić information content (AvgIpc) is 3.27. The summed E-state index contributed by atoms with van der Waals surface area (Å²) in [5, 5.41) is 2.45. The summed E-state index contributed by atoms with van der Waals surface area (Å²) in [5.41, 5.74) is 0.710. The molecule has 10 heteroatoms. The van der Waals surface area contributed by atoms with E-state index in [0.717, 1.165) is 12.1 Å². The molecule has 0 spiro atoms. The Kier molecular flexibility index (Phi) is 5.85. The molecule has 2 aromatic carbocycles. The Morgan fingerprint density at radius 2 is 1.66 bits per heavy atom. The van der Waals surface area contributed by atoms with Gasteiger partial charge >= 0.3 is 6.18 Å². The fourth-order valence-corrected chi connectivity index (χ4v) is 3.40. The third-order valence-electron chi connectivity index (χ3n) is 5.07. The maximum Gasteiger partial charge on any atom is 0.452 e. The number of halogens is 3. The van der Waals surface area contributed by atoms with Gasteiger partial charge in [0, 0.05) is 43.1 Å². The van der Waals surface area contributed by atoms with Crippen molar-refractivity contribution in [1.29, 1.82) is 0 Å². The molecule has 0 bridgehead atoms. The Labute approximate surface area is 181 Å². The first-order valence-corrected chi connectivity index (χ1v) is 9.84. The number of piperazine rings is 1. The van der Waals surface area contributed by atoms with Gasteiger partial charge in [0.1, 0.15) is 0 Å². The van der Waals surface area contributed by atoms with Crippen molar-refractivity contribution in [2.75, 3.05) is 36.4 Å². The lowest BCUT2D eigenvalue weighted by Crippen LogP contribution is -2.45. The predicted molar refractivity (Wildman–Crippen MR) is 111 cm³/mol. The van der Waals surface area contributed by atoms with Crippen LogP contribution >= 0.6 is 0 Å². The number of aromatic nitrogens is 1. The second kappa shape index (κ2) is 8.74. The summed E-state index contributed by atoms with van der Waals surface area (Å²) < 4.78 is 45.2. The van der Waals surface area contributed by atoms with Crippen LogP contribution in [0.15, 0.2) is 59.0 Å². The molecule has 0 radical (unpaired) electrons. The van der Waals surface area contributed by atoms with Crippen molar-refractivity contribution in [3.8, 4) is 11.5 Å². The summed E-state index contributed by atoms with van der Waals surface area (Å²) >= 11 is 0. The molecule has 3 aromatic rings. The first-order chi connectivity index (χ1) is 15.3. The lowest BCUT2D eigenvalue weighted by Gasteiger charge is -2.34. The van der Waals surface area contributed by atoms with Crippen molar-refractivity contribution < 1.29 is 27.2 Å². The molecule has 1 aliphatic heterocycles. The van der Waals surface area contributed by atoms with Gasteiger partial charge in [-0.25, -0.2) is 4.98 Å². The molecule has 166 valence electrons. The van der Waals surface area contributed by atoms with Gasteiger partial charge in [0.15, 0.2) is 5.69 Å². The van der Waals surface area contributed by atoms with E-state index in [1.807, 2.05) is 0 Å². The van der Waals surface area contributed by atoms with Gasteiger partial charge < -0.3 is 19.5 Å². The van der Waals surface area contributed by atoms with Gasteiger partial charge in [-0.3, -0.25) is 9.59 Å². The molecule has 4 rings (SSSR count). The number of anilines is 2. The Hall–Kier alpha value is -3.82. The molecular weight excluding hydrogens is 425 g/mol. The van der Waals surface area contributed by atoms with Crippen LogP contribution < -0.4 is 10.2 Å². The molecule has 1 aliphatic rings. The first-order valence-electron chi connectivity index (χ1n) is 9.84. The molecule has 1 aromatic heterocycles. The van der Waals surface area contributed by atoms with Crippen molar-refractivity contribution in [1.82, 2.24) is 9.88 Å². The van der Waals surface area contributed by atoms with Crippen molar-refractivity contribution in [2.45, 2.75) is 6.18 Å². The minimum absolute atomic E-state index is 0.284. The van der Waals surface area contributed by atoms with Gasteiger partial charge in [-0.1, -0.05) is 18.2 Å². The molecule has 0 atom stereocenters. The van der Waals surface area contributed by atoms with Crippen LogP contribution in [0.2, 0.25) is 0 Å². The van der Waals surface area contributed by atoms with E-state index in [2.05, 4.69) is 15.2 Å². The largest absolute Gasteiger partial charge is 0.452 e. The molecule has 1 saturated heterocycles. The number of oxazole rings is 1. The number of carbonyl (C=O) groups is 2. The molecule has 32 heavy (non-hydrogen) atoms. The SMILES string of the molecule is O=CN1CCN(c2ccc(NC(=O)c3nc(-c4ccccc4)oc3C(F)(F)F)cc2)CC1. The van der Waals surface area contributed by atoms with E-state index in [-0.39, 0.29) is 5.89 Å². The van der Waals surface area contributed by atoms with Gasteiger partial charge in [0.25, 0.3) is 5.91 Å². The highest BCUT2D eigenvalue weighted by molar-refractivity contribution is 6.04. The first kappa shape index (κ1) is 21.4. The third-order valence-corrected chi connectivity index (χ3v) is 5.07. The summed E-state index contributed by atoms with van der Waals surface area (Å²) in [6.45, 7) is 2.55. The topological polar surface area (TPSA) is 78.7 Å². The number of amides is 2. The molecule has 0 aliphatic carbocycles. The summed E-state index contributed by atoms with van der Waals surface area (Å²) in [6.07, 6.45) is -4.06. The number of hydrogen-bond acceptors (Lipinski definition) is 5. The number of rotatable bonds is 5. The van der Waals surface area contributed by atoms with E-state index >= 15 is 0 Å². The minimum Gasteiger partial charge on any atom is -0.431 e. The van der Waals surface area contributed by atoms with Gasteiger partial charge in [-0.05, 0) is 36.4 Å². The van der Waals surface area contributed by atoms with Crippen molar-refractivity contribution in [2.24, 2.45) is 0 Å². The van der Waals surface area contributed by atoms with Crippen LogP contribution in [-0.4, -0.2) is 48.4 Å². The quantitative estimate of drug-likeness (QED) is 0.604. The maximum absolute atomic E-state index is 13.4. The molecule has 0 saturated carbocycles. The zero-order chi connectivity index (χ0) is 22.7. The Morgan fingerprint density at radius 3 is 2.25 bits per heavy atom. The predicted octanol–water partition coefficient (Wildman–Crippen LogP) is 3.89. The molecule has 2 heterocycles. The van der Waals surface area contributed by atoms with E-state index < -0.39 is 23.5 Å². The van der Waals surface area contributed by atoms with Gasteiger partial charge in [0.2, 0.25) is 18.1 Å². The van der Waals surface area contributed by atoms with Crippen LogP contribution in [0.5, 0.6) is 0 Å². The van der Waals surface area contributed by atoms with Crippen LogP contribution in [0.4, 0.5) is 24.5 Å². The molecule has 7 nitrogen and oxygen atoms in total. The summed E-state index contributed by atoms with van der Waals surface area (Å²) in [7, 11) is 0. The number of nitrogens with zero attached hydrogens (tertiary/aromatic N) is 3. The van der Waals surface area contributed by atoms with Gasteiger partial charge in [0.05, 0.1) is 0 Å². The second-order valence-electron chi connectivity index (χ2n) is 7.19. The number of nitrogens with one attached hydrogen (secondary N) is 1. The van der Waals surface area contributed by atoms with Crippen molar-refractivity contribution >= 4 is 23.7 Å². The van der Waals surface area contributed by atoms with Crippen LogP contribution in [0, 0.1) is 0 Å². The lowest BCUT2D eigenvalue weighted by atomic mass is 10.2. The number of benzene rings is 2. The highest BCUT2D eigenvalue weighted by Gasteiger charge is 2.42. The highest BCUT2D eigenvalue weighted by atomic mass is 19.4. The van der Waals surface area contributed by atoms with Gasteiger partial charge in [-0.2, -0.15) is 13.2 Å². The number of alkyl halides is 3. The average molecular weight is 444 g/mol. The molecule has 1 N–H and O–H groups in total. The van der Waals surface area contributed by atoms with E-state index in [1.54, 1.807) is 59.5 Å². The maximum atomic E-state index is 13.4. The standard InChI is InChI=1S/C22H19F3N4O3/c23-22(24,25)19-18(27-21(32-19)15-4-2-1-3-5-15)20(31)26-16-6-8-17(9-7-16)29-12-10-28(14-30)11-13-29/h1-9,14H,10-13H2,(H,26,31). The zero-order valence-electron chi connectivity index (χ0n) is 16.8. The van der Waals surface area contributed by atoms with E-state index in [1.165, 1.54) is 0 Å². The molecular formula is C22H19F3N4O3. The van der Waals surface area contributed by atoms with Crippen LogP contribution in [0.3, 0.4) is 0 Å². The summed E-state index contributed by atoms with van der Waals surface area (Å²) in [5.74, 6) is -2.75. The Bertz CT molecular complexity index is 1090. The molecule has 2 amide bonds. The van der Waals surface area contributed by atoms with Crippen molar-refractivity contribution in [3.63, 3.8) is 0 Å². The van der Waals surface area contributed by atoms with Crippen LogP contribution in [-0.2, 0) is 11.0 Å². The second-order valence-corrected chi connectivity index (χ2v) is 7.19. The van der Waals surface area contributed by atoms with E-state index in [9.17, 15) is 22.8 Å². The van der Waals surface area contributed by atoms with E-state index in [4.69, 9.17) is 4.42 Å². The monoisotopic (exact) mass is 444 g/mol. The lowest BCUT2D eigenvalue weighted by molar-refractivity contribution is -0.153. The Morgan fingerprint density at radius 1 is 1.00 bits per heavy atom. The summed E-state index contributed by atoms with van der Waals surface area (Å²) in [6, 6.07) is 14.8. The zero-order valence-corrected chi connectivity index (χ0v) is 16.8. The minimum atomic E-state index is -4.87. The normalized spacial score (nSPS) is 14.3. The summed E-state index contributed by atoms with van der Waals surface area (Å²) in [4.78, 5) is 31.0. The fraction of sp³-hybridized carbons (Fsp3) is 0.227. The van der Waals surface area contributed by atoms with E-state index in [0.29, 0.717) is 37.4 Å². The third kappa shape index (κ3) is 4.58. The number of carbonyl (C=O) groups excluding carboxylic acids is 2. The van der Waals surface area contributed by atoms with Crippen LogP contribution in [0.1, 0.15) is 16.2 Å². The van der Waals surface area contributed by atoms with Crippen LogP contribution in [0.25, 0.3) is 11.5 Å². The molecule has 1 fully saturated rings. The van der Waals surface area contributed by atoms with Crippen molar-refractivity contribution in [3.05, 3.63) is 66.1 Å². The smallest absolute Gasteiger partial charge is 0.431 e.